The quantitative estimate of drug-likeness (QED) is 0.739. The molecule has 0 radical (unpaired) electrons. The van der Waals surface area contributed by atoms with Crippen molar-refractivity contribution in [3.63, 3.8) is 0 Å². The highest BCUT2D eigenvalue weighted by molar-refractivity contribution is 5.92. The number of halogens is 3. The van der Waals surface area contributed by atoms with Crippen molar-refractivity contribution in [3.8, 4) is 11.4 Å². The van der Waals surface area contributed by atoms with Crippen LogP contribution in [0.5, 0.6) is 0 Å². The minimum absolute atomic E-state index is 0.0645. The molecular formula is C18H15F3N4O. The number of aromatic nitrogens is 3. The first kappa shape index (κ1) is 17.7. The van der Waals surface area contributed by atoms with Gasteiger partial charge in [-0.25, -0.2) is 4.98 Å². The number of hydrogen-bond acceptors (Lipinski definition) is 3. The largest absolute Gasteiger partial charge is 0.416 e. The molecule has 0 unspecified atom stereocenters. The first-order valence-corrected chi connectivity index (χ1v) is 7.77. The third-order valence-corrected chi connectivity index (χ3v) is 3.70. The standard InChI is InChI=1S/C18H15F3N4O/c1-11-22-17(25-24-11)12-6-8-14(9-7-12)23-16(26)10-13-4-2-3-5-15(13)18(19,20)21/h2-9H,10H2,1H3,(H,23,26)(H,22,24,25). The Morgan fingerprint density at radius 2 is 1.81 bits per heavy atom. The van der Waals surface area contributed by atoms with Gasteiger partial charge in [-0.2, -0.15) is 18.3 Å². The summed E-state index contributed by atoms with van der Waals surface area (Å²) in [6.45, 7) is 1.78. The zero-order chi connectivity index (χ0) is 18.7. The molecule has 0 aliphatic rings. The van der Waals surface area contributed by atoms with Gasteiger partial charge >= 0.3 is 6.18 Å². The second-order valence-electron chi connectivity index (χ2n) is 5.70. The fourth-order valence-electron chi connectivity index (χ4n) is 2.50. The van der Waals surface area contributed by atoms with Crippen molar-refractivity contribution in [1.82, 2.24) is 15.2 Å². The number of carbonyl (C=O) groups excluding carboxylic acids is 1. The van der Waals surface area contributed by atoms with Crippen LogP contribution in [0.3, 0.4) is 0 Å². The zero-order valence-corrected chi connectivity index (χ0v) is 13.8. The fourth-order valence-corrected chi connectivity index (χ4v) is 2.50. The Morgan fingerprint density at radius 1 is 1.12 bits per heavy atom. The number of amides is 1. The summed E-state index contributed by atoms with van der Waals surface area (Å²) in [5.74, 6) is 0.684. The average molecular weight is 360 g/mol. The molecule has 3 rings (SSSR count). The Morgan fingerprint density at radius 3 is 2.42 bits per heavy atom. The molecule has 0 aliphatic heterocycles. The van der Waals surface area contributed by atoms with E-state index in [0.29, 0.717) is 17.3 Å². The highest BCUT2D eigenvalue weighted by Gasteiger charge is 2.33. The van der Waals surface area contributed by atoms with Crippen LogP contribution < -0.4 is 5.32 Å². The molecule has 8 heteroatoms. The van der Waals surface area contributed by atoms with Crippen molar-refractivity contribution in [2.45, 2.75) is 19.5 Å². The van der Waals surface area contributed by atoms with E-state index in [1.165, 1.54) is 18.2 Å². The van der Waals surface area contributed by atoms with Crippen LogP contribution >= 0.6 is 0 Å². The number of carbonyl (C=O) groups is 1. The van der Waals surface area contributed by atoms with Gasteiger partial charge in [-0.15, -0.1) is 0 Å². The van der Waals surface area contributed by atoms with Crippen LogP contribution in [0.2, 0.25) is 0 Å². The van der Waals surface area contributed by atoms with E-state index in [4.69, 9.17) is 0 Å². The van der Waals surface area contributed by atoms with Gasteiger partial charge in [-0.3, -0.25) is 9.89 Å². The molecule has 0 saturated carbocycles. The number of rotatable bonds is 4. The molecule has 0 aliphatic carbocycles. The zero-order valence-electron chi connectivity index (χ0n) is 13.8. The molecule has 134 valence electrons. The number of nitrogens with zero attached hydrogens (tertiary/aromatic N) is 2. The van der Waals surface area contributed by atoms with Crippen molar-refractivity contribution in [3.05, 3.63) is 65.5 Å². The Balaban J connectivity index is 1.69. The minimum Gasteiger partial charge on any atom is -0.326 e. The molecule has 0 atom stereocenters. The number of anilines is 1. The molecule has 1 aromatic heterocycles. The van der Waals surface area contributed by atoms with Crippen molar-refractivity contribution >= 4 is 11.6 Å². The Hall–Kier alpha value is -3.16. The summed E-state index contributed by atoms with van der Waals surface area (Å²) >= 11 is 0. The van der Waals surface area contributed by atoms with Crippen LogP contribution in [-0.4, -0.2) is 21.1 Å². The first-order chi connectivity index (χ1) is 12.3. The second kappa shape index (κ2) is 6.99. The third-order valence-electron chi connectivity index (χ3n) is 3.70. The van der Waals surface area contributed by atoms with Crippen molar-refractivity contribution in [1.29, 1.82) is 0 Å². The maximum atomic E-state index is 13.0. The van der Waals surface area contributed by atoms with Gasteiger partial charge < -0.3 is 5.32 Å². The highest BCUT2D eigenvalue weighted by Crippen LogP contribution is 2.32. The van der Waals surface area contributed by atoms with E-state index in [9.17, 15) is 18.0 Å². The third kappa shape index (κ3) is 4.08. The van der Waals surface area contributed by atoms with Gasteiger partial charge in [-0.05, 0) is 42.8 Å². The van der Waals surface area contributed by atoms with Gasteiger partial charge in [0.1, 0.15) is 5.82 Å². The maximum absolute atomic E-state index is 13.0. The summed E-state index contributed by atoms with van der Waals surface area (Å²) in [4.78, 5) is 16.3. The SMILES string of the molecule is Cc1nc(-c2ccc(NC(=O)Cc3ccccc3C(F)(F)F)cc2)n[nH]1. The smallest absolute Gasteiger partial charge is 0.326 e. The summed E-state index contributed by atoms with van der Waals surface area (Å²) in [5, 5.41) is 9.37. The number of benzene rings is 2. The topological polar surface area (TPSA) is 70.7 Å². The number of aromatic amines is 1. The van der Waals surface area contributed by atoms with Crippen LogP contribution in [-0.2, 0) is 17.4 Å². The van der Waals surface area contributed by atoms with Crippen LogP contribution in [0.4, 0.5) is 18.9 Å². The summed E-state index contributed by atoms with van der Waals surface area (Å²) in [6, 6.07) is 11.8. The number of nitrogens with one attached hydrogen (secondary N) is 2. The number of alkyl halides is 3. The lowest BCUT2D eigenvalue weighted by Gasteiger charge is -2.12. The molecule has 0 bridgehead atoms. The van der Waals surface area contributed by atoms with E-state index in [2.05, 4.69) is 20.5 Å². The van der Waals surface area contributed by atoms with E-state index >= 15 is 0 Å². The highest BCUT2D eigenvalue weighted by atomic mass is 19.4. The van der Waals surface area contributed by atoms with Gasteiger partial charge in [0.25, 0.3) is 0 Å². The van der Waals surface area contributed by atoms with Gasteiger partial charge in [0.05, 0.1) is 12.0 Å². The van der Waals surface area contributed by atoms with Gasteiger partial charge in [0, 0.05) is 11.3 Å². The molecule has 0 spiro atoms. The average Bonchev–Trinajstić information content (AvgIpc) is 3.01. The van der Waals surface area contributed by atoms with Gasteiger partial charge in [-0.1, -0.05) is 18.2 Å². The first-order valence-electron chi connectivity index (χ1n) is 7.77. The molecule has 2 N–H and O–H groups in total. The van der Waals surface area contributed by atoms with Crippen LogP contribution in [0.25, 0.3) is 11.4 Å². The van der Waals surface area contributed by atoms with Crippen LogP contribution in [0.1, 0.15) is 17.0 Å². The van der Waals surface area contributed by atoms with E-state index in [1.807, 2.05) is 0 Å². The fraction of sp³-hybridized carbons (Fsp3) is 0.167. The molecular weight excluding hydrogens is 345 g/mol. The van der Waals surface area contributed by atoms with Crippen molar-refractivity contribution in [2.24, 2.45) is 0 Å². The molecule has 0 saturated heterocycles. The summed E-state index contributed by atoms with van der Waals surface area (Å²) in [6.07, 6.45) is -4.86. The lowest BCUT2D eigenvalue weighted by molar-refractivity contribution is -0.138. The summed E-state index contributed by atoms with van der Waals surface area (Å²) in [5.41, 5.74) is 0.376. The molecule has 0 fully saturated rings. The van der Waals surface area contributed by atoms with E-state index < -0.39 is 17.6 Å². The van der Waals surface area contributed by atoms with Crippen LogP contribution in [0.15, 0.2) is 48.5 Å². The Bertz CT molecular complexity index is 917. The van der Waals surface area contributed by atoms with Gasteiger partial charge in [0.15, 0.2) is 5.82 Å². The number of aryl methyl sites for hydroxylation is 1. The minimum atomic E-state index is -4.49. The second-order valence-corrected chi connectivity index (χ2v) is 5.70. The lowest BCUT2D eigenvalue weighted by atomic mass is 10.0. The lowest BCUT2D eigenvalue weighted by Crippen LogP contribution is -2.17. The van der Waals surface area contributed by atoms with Crippen molar-refractivity contribution < 1.29 is 18.0 Å². The van der Waals surface area contributed by atoms with Crippen molar-refractivity contribution in [2.75, 3.05) is 5.32 Å². The molecule has 26 heavy (non-hydrogen) atoms. The predicted octanol–water partition coefficient (Wildman–Crippen LogP) is 3.98. The number of hydrogen-bond donors (Lipinski definition) is 2. The van der Waals surface area contributed by atoms with Gasteiger partial charge in [0.2, 0.25) is 5.91 Å². The van der Waals surface area contributed by atoms with E-state index in [1.54, 1.807) is 31.2 Å². The maximum Gasteiger partial charge on any atom is 0.416 e. The molecule has 1 amide bonds. The molecule has 1 heterocycles. The summed E-state index contributed by atoms with van der Waals surface area (Å²) in [7, 11) is 0. The molecule has 2 aromatic carbocycles. The summed E-state index contributed by atoms with van der Waals surface area (Å²) < 4.78 is 39.0. The number of H-pyrrole nitrogens is 1. The normalized spacial score (nSPS) is 11.4. The monoisotopic (exact) mass is 360 g/mol. The Kier molecular flexibility index (Phi) is 4.75. The molecule has 3 aromatic rings. The Labute approximate surface area is 147 Å². The van der Waals surface area contributed by atoms with E-state index in [0.717, 1.165) is 11.6 Å². The van der Waals surface area contributed by atoms with E-state index in [-0.39, 0.29) is 12.0 Å². The predicted molar refractivity (Wildman–Crippen MR) is 90.3 cm³/mol. The van der Waals surface area contributed by atoms with Crippen LogP contribution in [0, 0.1) is 6.92 Å². The molecule has 5 nitrogen and oxygen atoms in total.